The summed E-state index contributed by atoms with van der Waals surface area (Å²) >= 11 is 0. The molecular weight excluding hydrogens is 392 g/mol. The van der Waals surface area contributed by atoms with E-state index in [1.54, 1.807) is 6.33 Å². The molecule has 1 aromatic heterocycles. The van der Waals surface area contributed by atoms with E-state index in [-0.39, 0.29) is 24.5 Å². The second kappa shape index (κ2) is 9.64. The molecule has 1 saturated heterocycles. The monoisotopic (exact) mass is 420 g/mol. The van der Waals surface area contributed by atoms with Crippen LogP contribution < -0.4 is 10.1 Å². The van der Waals surface area contributed by atoms with Gasteiger partial charge in [-0.2, -0.15) is 0 Å². The van der Waals surface area contributed by atoms with Crippen LogP contribution in [0.5, 0.6) is 5.75 Å². The fraction of sp³-hybridized carbons (Fsp3) is 0.375. The summed E-state index contributed by atoms with van der Waals surface area (Å²) in [6.45, 7) is 3.38. The van der Waals surface area contributed by atoms with Crippen LogP contribution in [0.15, 0.2) is 48.8 Å². The first-order chi connectivity index (χ1) is 15.1. The first-order valence-electron chi connectivity index (χ1n) is 10.9. The highest BCUT2D eigenvalue weighted by Gasteiger charge is 2.25. The van der Waals surface area contributed by atoms with Gasteiger partial charge in [-0.1, -0.05) is 25.5 Å². The van der Waals surface area contributed by atoms with Crippen LogP contribution in [-0.2, 0) is 11.2 Å². The van der Waals surface area contributed by atoms with Gasteiger partial charge in [-0.05, 0) is 55.2 Å². The predicted molar refractivity (Wildman–Crippen MR) is 119 cm³/mol. The van der Waals surface area contributed by atoms with Gasteiger partial charge in [-0.15, -0.1) is 0 Å². The number of imidazole rings is 1. The zero-order valence-electron chi connectivity index (χ0n) is 17.8. The largest absolute Gasteiger partial charge is 0.484 e. The molecule has 0 unspecified atom stereocenters. The van der Waals surface area contributed by atoms with E-state index in [0.29, 0.717) is 24.4 Å². The summed E-state index contributed by atoms with van der Waals surface area (Å²) in [5.74, 6) is 0.577. The van der Waals surface area contributed by atoms with Crippen molar-refractivity contribution in [3.05, 3.63) is 59.9 Å². The Labute approximate surface area is 181 Å². The first-order valence-corrected chi connectivity index (χ1v) is 10.9. The second-order valence-electron chi connectivity index (χ2n) is 7.95. The van der Waals surface area contributed by atoms with E-state index in [9.17, 15) is 9.59 Å². The van der Waals surface area contributed by atoms with Gasteiger partial charge in [0.1, 0.15) is 5.75 Å². The highest BCUT2D eigenvalue weighted by atomic mass is 16.5. The van der Waals surface area contributed by atoms with Crippen molar-refractivity contribution in [1.82, 2.24) is 20.2 Å². The van der Waals surface area contributed by atoms with Gasteiger partial charge in [0.25, 0.3) is 11.8 Å². The molecular formula is C24H28N4O3. The molecule has 0 aliphatic carbocycles. The molecule has 0 radical (unpaired) electrons. The number of nitrogens with one attached hydrogen (secondary N) is 2. The standard InChI is InChI=1S/C24H28N4O3/c1-2-3-17-4-7-20(8-5-17)31-15-23(29)27-19-10-12-28(13-11-19)24(30)18-6-9-21-22(14-18)26-16-25-21/h4-9,14,16,19H,2-3,10-13,15H2,1H3,(H,25,26)(H,27,29). The van der Waals surface area contributed by atoms with Gasteiger partial charge in [0.2, 0.25) is 0 Å². The maximum absolute atomic E-state index is 12.8. The third-order valence-corrected chi connectivity index (χ3v) is 5.65. The molecule has 2 N–H and O–H groups in total. The van der Waals surface area contributed by atoms with Crippen molar-refractivity contribution in [2.75, 3.05) is 19.7 Å². The molecule has 0 saturated carbocycles. The van der Waals surface area contributed by atoms with Crippen LogP contribution in [0, 0.1) is 0 Å². The summed E-state index contributed by atoms with van der Waals surface area (Å²) in [7, 11) is 0. The number of carbonyl (C=O) groups is 2. The number of likely N-dealkylation sites (tertiary alicyclic amines) is 1. The number of rotatable bonds is 7. The lowest BCUT2D eigenvalue weighted by Gasteiger charge is -2.32. The molecule has 1 aliphatic rings. The Hall–Kier alpha value is -3.35. The Balaban J connectivity index is 1.22. The van der Waals surface area contributed by atoms with Crippen LogP contribution in [0.4, 0.5) is 0 Å². The SMILES string of the molecule is CCCc1ccc(OCC(=O)NC2CCN(C(=O)c3ccc4nc[nH]c4c3)CC2)cc1. The minimum Gasteiger partial charge on any atom is -0.484 e. The Morgan fingerprint density at radius 2 is 1.94 bits per heavy atom. The number of aromatic amines is 1. The lowest BCUT2D eigenvalue weighted by Crippen LogP contribution is -2.47. The molecule has 31 heavy (non-hydrogen) atoms. The van der Waals surface area contributed by atoms with E-state index in [1.165, 1.54) is 5.56 Å². The molecule has 7 nitrogen and oxygen atoms in total. The molecule has 3 aromatic rings. The van der Waals surface area contributed by atoms with Crippen LogP contribution in [0.3, 0.4) is 0 Å². The Morgan fingerprint density at radius 1 is 1.16 bits per heavy atom. The van der Waals surface area contributed by atoms with Gasteiger partial charge >= 0.3 is 0 Å². The molecule has 0 spiro atoms. The van der Waals surface area contributed by atoms with Crippen molar-refractivity contribution in [2.24, 2.45) is 0 Å². The summed E-state index contributed by atoms with van der Waals surface area (Å²) in [6.07, 6.45) is 5.23. The summed E-state index contributed by atoms with van der Waals surface area (Å²) in [4.78, 5) is 34.1. The van der Waals surface area contributed by atoms with Gasteiger partial charge < -0.3 is 19.9 Å². The van der Waals surface area contributed by atoms with Crippen LogP contribution in [0.25, 0.3) is 11.0 Å². The van der Waals surface area contributed by atoms with Gasteiger partial charge in [0.15, 0.2) is 6.61 Å². The van der Waals surface area contributed by atoms with Crippen LogP contribution in [0.2, 0.25) is 0 Å². The fourth-order valence-electron chi connectivity index (χ4n) is 3.94. The molecule has 2 amide bonds. The third kappa shape index (κ3) is 5.23. The van der Waals surface area contributed by atoms with Gasteiger partial charge in [-0.3, -0.25) is 9.59 Å². The quantitative estimate of drug-likeness (QED) is 0.614. The second-order valence-corrected chi connectivity index (χ2v) is 7.95. The summed E-state index contributed by atoms with van der Waals surface area (Å²) in [5, 5.41) is 3.03. The number of ether oxygens (including phenoxy) is 1. The molecule has 2 aromatic carbocycles. The Kier molecular flexibility index (Phi) is 6.50. The number of nitrogens with zero attached hydrogens (tertiary/aromatic N) is 2. The number of aryl methyl sites for hydroxylation is 1. The number of amides is 2. The third-order valence-electron chi connectivity index (χ3n) is 5.65. The van der Waals surface area contributed by atoms with Crippen LogP contribution >= 0.6 is 0 Å². The van der Waals surface area contributed by atoms with Gasteiger partial charge in [-0.25, -0.2) is 4.98 Å². The number of hydrogen-bond donors (Lipinski definition) is 2. The average Bonchev–Trinajstić information content (AvgIpc) is 3.27. The maximum Gasteiger partial charge on any atom is 0.258 e. The Morgan fingerprint density at radius 3 is 2.68 bits per heavy atom. The lowest BCUT2D eigenvalue weighted by atomic mass is 10.0. The van der Waals surface area contributed by atoms with E-state index >= 15 is 0 Å². The molecule has 0 atom stereocenters. The number of H-pyrrole nitrogens is 1. The van der Waals surface area contributed by atoms with Crippen molar-refractivity contribution in [3.63, 3.8) is 0 Å². The van der Waals surface area contributed by atoms with E-state index in [1.807, 2.05) is 47.4 Å². The number of aromatic nitrogens is 2. The van der Waals surface area contributed by atoms with Crippen LogP contribution in [-0.4, -0.2) is 52.4 Å². The summed E-state index contributed by atoms with van der Waals surface area (Å²) in [6, 6.07) is 13.4. The number of fused-ring (bicyclic) bond motifs is 1. The molecule has 1 aliphatic heterocycles. The van der Waals surface area contributed by atoms with Gasteiger partial charge in [0, 0.05) is 24.7 Å². The summed E-state index contributed by atoms with van der Waals surface area (Å²) < 4.78 is 5.60. The number of hydrogen-bond acceptors (Lipinski definition) is 4. The number of benzene rings is 2. The molecule has 7 heteroatoms. The van der Waals surface area contributed by atoms with E-state index in [2.05, 4.69) is 22.2 Å². The smallest absolute Gasteiger partial charge is 0.258 e. The van der Waals surface area contributed by atoms with Crippen molar-refractivity contribution < 1.29 is 14.3 Å². The summed E-state index contributed by atoms with van der Waals surface area (Å²) in [5.41, 5.74) is 3.62. The predicted octanol–water partition coefficient (Wildman–Crippen LogP) is 3.32. The molecule has 4 rings (SSSR count). The van der Waals surface area contributed by atoms with E-state index < -0.39 is 0 Å². The Bertz CT molecular complexity index is 1040. The molecule has 162 valence electrons. The molecule has 2 heterocycles. The lowest BCUT2D eigenvalue weighted by molar-refractivity contribution is -0.124. The number of piperidine rings is 1. The van der Waals surface area contributed by atoms with E-state index in [4.69, 9.17) is 4.74 Å². The van der Waals surface area contributed by atoms with Crippen molar-refractivity contribution in [2.45, 2.75) is 38.6 Å². The van der Waals surface area contributed by atoms with Crippen molar-refractivity contribution >= 4 is 22.8 Å². The maximum atomic E-state index is 12.8. The van der Waals surface area contributed by atoms with Crippen molar-refractivity contribution in [1.29, 1.82) is 0 Å². The molecule has 0 bridgehead atoms. The highest BCUT2D eigenvalue weighted by molar-refractivity contribution is 5.97. The minimum absolute atomic E-state index is 0.00351. The van der Waals surface area contributed by atoms with E-state index in [0.717, 1.165) is 36.7 Å². The average molecular weight is 421 g/mol. The van der Waals surface area contributed by atoms with Gasteiger partial charge in [0.05, 0.1) is 17.4 Å². The number of carbonyl (C=O) groups excluding carboxylic acids is 2. The highest BCUT2D eigenvalue weighted by Crippen LogP contribution is 2.18. The topological polar surface area (TPSA) is 87.3 Å². The first kappa shape index (κ1) is 20.9. The zero-order chi connectivity index (χ0) is 21.6. The van der Waals surface area contributed by atoms with Crippen LogP contribution in [0.1, 0.15) is 42.1 Å². The van der Waals surface area contributed by atoms with Crippen molar-refractivity contribution in [3.8, 4) is 5.75 Å². The zero-order valence-corrected chi connectivity index (χ0v) is 17.8. The normalized spacial score (nSPS) is 14.5. The minimum atomic E-state index is -0.132. The molecule has 1 fully saturated rings. The fourth-order valence-corrected chi connectivity index (χ4v) is 3.94.